The molecule has 0 radical (unpaired) electrons. The van der Waals surface area contributed by atoms with E-state index in [1.807, 2.05) is 91.0 Å². The smallest absolute Gasteiger partial charge is 0.406 e. The van der Waals surface area contributed by atoms with Gasteiger partial charge in [0.1, 0.15) is 5.54 Å². The van der Waals surface area contributed by atoms with Gasteiger partial charge in [0.05, 0.1) is 0 Å². The summed E-state index contributed by atoms with van der Waals surface area (Å²) in [7, 11) is 0. The number of hydrazine groups is 1. The maximum absolute atomic E-state index is 12.6. The van der Waals surface area contributed by atoms with Crippen LogP contribution in [0.25, 0.3) is 0 Å². The Kier molecular flexibility index (Phi) is 6.24. The van der Waals surface area contributed by atoms with E-state index in [1.165, 1.54) is 0 Å². The van der Waals surface area contributed by atoms with Crippen LogP contribution < -0.4 is 10.9 Å². The minimum Gasteiger partial charge on any atom is -0.406 e. The van der Waals surface area contributed by atoms with Crippen LogP contribution in [-0.4, -0.2) is 11.9 Å². The van der Waals surface area contributed by atoms with E-state index < -0.39 is 11.6 Å². The summed E-state index contributed by atoms with van der Waals surface area (Å²) in [4.78, 5) is 24.6. The van der Waals surface area contributed by atoms with Crippen molar-refractivity contribution in [2.45, 2.75) is 24.8 Å². The van der Waals surface area contributed by atoms with Gasteiger partial charge in [-0.3, -0.25) is 10.2 Å². The van der Waals surface area contributed by atoms with E-state index in [0.29, 0.717) is 6.42 Å². The quantitative estimate of drug-likeness (QED) is 0.449. The molecule has 3 aromatic carbocycles. The fourth-order valence-electron chi connectivity index (χ4n) is 3.88. The fraction of sp³-hybridized carbons (Fsp3) is 0.154. The van der Waals surface area contributed by atoms with Gasteiger partial charge in [-0.15, -0.1) is 0 Å². The van der Waals surface area contributed by atoms with E-state index in [1.54, 1.807) is 6.08 Å². The zero-order chi connectivity index (χ0) is 21.5. The van der Waals surface area contributed by atoms with E-state index >= 15 is 0 Å². The number of amides is 1. The molecule has 5 nitrogen and oxygen atoms in total. The first-order valence-electron chi connectivity index (χ1n) is 10.3. The van der Waals surface area contributed by atoms with Gasteiger partial charge in [0.25, 0.3) is 0 Å². The van der Waals surface area contributed by atoms with Crippen molar-refractivity contribution in [3.63, 3.8) is 0 Å². The van der Waals surface area contributed by atoms with Gasteiger partial charge < -0.3 is 4.74 Å². The van der Waals surface area contributed by atoms with Crippen LogP contribution in [0.1, 0.15) is 36.0 Å². The van der Waals surface area contributed by atoms with Crippen LogP contribution in [0.3, 0.4) is 0 Å². The Hall–Kier alpha value is -3.70. The number of carbonyl (C=O) groups is 2. The van der Waals surface area contributed by atoms with Gasteiger partial charge in [0, 0.05) is 6.42 Å². The zero-order valence-corrected chi connectivity index (χ0v) is 17.1. The third kappa shape index (κ3) is 4.42. The Morgan fingerprint density at radius 1 is 0.774 bits per heavy atom. The van der Waals surface area contributed by atoms with Gasteiger partial charge in [-0.25, -0.2) is 10.2 Å². The second-order valence-electron chi connectivity index (χ2n) is 7.37. The summed E-state index contributed by atoms with van der Waals surface area (Å²) in [5, 5.41) is 0. The molecule has 0 saturated heterocycles. The minimum absolute atomic E-state index is 0.107. The van der Waals surface area contributed by atoms with Crippen molar-refractivity contribution in [1.29, 1.82) is 0 Å². The second kappa shape index (κ2) is 9.41. The molecule has 3 aromatic rings. The van der Waals surface area contributed by atoms with Gasteiger partial charge >= 0.3 is 6.09 Å². The molecule has 5 heteroatoms. The van der Waals surface area contributed by atoms with Crippen molar-refractivity contribution in [2.24, 2.45) is 0 Å². The van der Waals surface area contributed by atoms with E-state index in [4.69, 9.17) is 4.74 Å². The Morgan fingerprint density at radius 2 is 1.26 bits per heavy atom. The molecule has 156 valence electrons. The van der Waals surface area contributed by atoms with Crippen molar-refractivity contribution in [2.75, 3.05) is 0 Å². The minimum atomic E-state index is -0.867. The lowest BCUT2D eigenvalue weighted by atomic mass is 9.77. The van der Waals surface area contributed by atoms with E-state index in [2.05, 4.69) is 10.9 Å². The number of Topliss-reactive ketones (excluding diaryl/α,β-unsaturated/α-hetero) is 1. The number of hydrogen-bond donors (Lipinski definition) is 2. The van der Waals surface area contributed by atoms with Gasteiger partial charge in [-0.1, -0.05) is 91.0 Å². The lowest BCUT2D eigenvalue weighted by molar-refractivity contribution is -0.118. The molecule has 2 N–H and O–H groups in total. The Balaban J connectivity index is 1.71. The topological polar surface area (TPSA) is 67.4 Å². The summed E-state index contributed by atoms with van der Waals surface area (Å²) in [6.45, 7) is 0. The Bertz CT molecular complexity index is 967. The van der Waals surface area contributed by atoms with Crippen molar-refractivity contribution in [1.82, 2.24) is 10.9 Å². The molecule has 31 heavy (non-hydrogen) atoms. The molecule has 4 rings (SSSR count). The molecule has 0 spiro atoms. The molecule has 0 unspecified atom stereocenters. The molecular weight excluding hydrogens is 388 g/mol. The van der Waals surface area contributed by atoms with Crippen LogP contribution in [-0.2, 0) is 15.1 Å². The van der Waals surface area contributed by atoms with Crippen LogP contribution in [0.4, 0.5) is 4.79 Å². The SMILES string of the molecule is O=C(NNC(c1ccccc1)(c1ccccc1)c1ccccc1)OC1=CCCCC1=O. The molecule has 1 amide bonds. The summed E-state index contributed by atoms with van der Waals surface area (Å²) in [6.07, 6.45) is 2.85. The predicted molar refractivity (Wildman–Crippen MR) is 119 cm³/mol. The van der Waals surface area contributed by atoms with Crippen LogP contribution in [0.15, 0.2) is 103 Å². The highest BCUT2D eigenvalue weighted by molar-refractivity contribution is 5.96. The molecule has 0 aromatic heterocycles. The third-order valence-corrected chi connectivity index (χ3v) is 5.39. The van der Waals surface area contributed by atoms with Crippen molar-refractivity contribution in [3.05, 3.63) is 120 Å². The normalized spacial score (nSPS) is 13.9. The lowest BCUT2D eigenvalue weighted by Crippen LogP contribution is -2.53. The van der Waals surface area contributed by atoms with Gasteiger partial charge in [-0.05, 0) is 35.6 Å². The van der Waals surface area contributed by atoms with Crippen molar-refractivity contribution < 1.29 is 14.3 Å². The highest BCUT2D eigenvalue weighted by atomic mass is 16.6. The molecular formula is C26H24N2O3. The van der Waals surface area contributed by atoms with Crippen LogP contribution in [0, 0.1) is 0 Å². The van der Waals surface area contributed by atoms with E-state index in [9.17, 15) is 9.59 Å². The van der Waals surface area contributed by atoms with Crippen LogP contribution in [0.2, 0.25) is 0 Å². The number of nitrogens with one attached hydrogen (secondary N) is 2. The maximum Gasteiger partial charge on any atom is 0.427 e. The summed E-state index contributed by atoms with van der Waals surface area (Å²) in [5.74, 6) is -0.0443. The third-order valence-electron chi connectivity index (χ3n) is 5.39. The first kappa shape index (κ1) is 20.6. The molecule has 1 aliphatic carbocycles. The number of ether oxygens (including phenoxy) is 1. The monoisotopic (exact) mass is 412 g/mol. The van der Waals surface area contributed by atoms with Gasteiger partial charge in [0.2, 0.25) is 0 Å². The zero-order valence-electron chi connectivity index (χ0n) is 17.1. The fourth-order valence-corrected chi connectivity index (χ4v) is 3.88. The van der Waals surface area contributed by atoms with E-state index in [-0.39, 0.29) is 11.5 Å². The average Bonchev–Trinajstić information content (AvgIpc) is 2.83. The second-order valence-corrected chi connectivity index (χ2v) is 7.37. The largest absolute Gasteiger partial charge is 0.427 e. The molecule has 1 aliphatic rings. The molecule has 0 heterocycles. The van der Waals surface area contributed by atoms with E-state index in [0.717, 1.165) is 29.5 Å². The first-order chi connectivity index (χ1) is 15.2. The molecule has 0 saturated carbocycles. The predicted octanol–water partition coefficient (Wildman–Crippen LogP) is 4.85. The average molecular weight is 412 g/mol. The highest BCUT2D eigenvalue weighted by Gasteiger charge is 2.37. The summed E-state index contributed by atoms with van der Waals surface area (Å²) < 4.78 is 5.31. The number of rotatable bonds is 6. The maximum atomic E-state index is 12.6. The number of ketones is 1. The summed E-state index contributed by atoms with van der Waals surface area (Å²) in [5.41, 5.74) is 7.87. The Labute approximate surface area is 181 Å². The highest BCUT2D eigenvalue weighted by Crippen LogP contribution is 2.36. The van der Waals surface area contributed by atoms with Crippen LogP contribution in [0.5, 0.6) is 0 Å². The first-order valence-corrected chi connectivity index (χ1v) is 10.3. The van der Waals surface area contributed by atoms with Crippen molar-refractivity contribution in [3.8, 4) is 0 Å². The van der Waals surface area contributed by atoms with Gasteiger partial charge in [0.15, 0.2) is 11.5 Å². The lowest BCUT2D eigenvalue weighted by Gasteiger charge is -2.36. The number of hydrogen-bond acceptors (Lipinski definition) is 4. The Morgan fingerprint density at radius 3 is 1.71 bits per heavy atom. The summed E-state index contributed by atoms with van der Waals surface area (Å²) >= 11 is 0. The standard InChI is InChI=1S/C26H24N2O3/c29-23-18-10-11-19-24(23)31-25(30)27-28-26(20-12-4-1-5-13-20,21-14-6-2-7-15-21)22-16-8-3-9-17-22/h1-9,12-17,19,28H,10-11,18H2,(H,27,30). The molecule has 0 fully saturated rings. The van der Waals surface area contributed by atoms with Gasteiger partial charge in [-0.2, -0.15) is 0 Å². The van der Waals surface area contributed by atoms with Crippen LogP contribution >= 0.6 is 0 Å². The molecule has 0 aliphatic heterocycles. The number of allylic oxidation sites excluding steroid dienone is 2. The van der Waals surface area contributed by atoms with Crippen molar-refractivity contribution >= 4 is 11.9 Å². The molecule has 0 bridgehead atoms. The number of carbonyl (C=O) groups excluding carboxylic acids is 2. The molecule has 0 atom stereocenters. The number of benzene rings is 3. The summed E-state index contributed by atoms with van der Waals surface area (Å²) in [6, 6.07) is 29.7.